The third-order valence-electron chi connectivity index (χ3n) is 1.21. The number of nitrogens with zero attached hydrogens (tertiary/aromatic N) is 4. The highest BCUT2D eigenvalue weighted by atomic mass is 79.9. The predicted molar refractivity (Wildman–Crippen MR) is 53.3 cm³/mol. The van der Waals surface area contributed by atoms with Crippen LogP contribution < -0.4 is 0 Å². The lowest BCUT2D eigenvalue weighted by Crippen LogP contribution is -1.96. The first-order valence-electron chi connectivity index (χ1n) is 3.10. The van der Waals surface area contributed by atoms with Gasteiger partial charge >= 0.3 is 0 Å². The summed E-state index contributed by atoms with van der Waals surface area (Å²) in [5.74, 6) is 0. The van der Waals surface area contributed by atoms with Gasteiger partial charge in [0.05, 0.1) is 9.37 Å². The van der Waals surface area contributed by atoms with Gasteiger partial charge in [-0.3, -0.25) is 0 Å². The molecule has 0 bridgehead atoms. The highest BCUT2D eigenvalue weighted by Gasteiger charge is 2.13. The molecule has 0 N–H and O–H groups in total. The van der Waals surface area contributed by atoms with Crippen molar-refractivity contribution in [1.82, 2.24) is 4.98 Å². The van der Waals surface area contributed by atoms with Crippen molar-refractivity contribution >= 4 is 37.6 Å². The quantitative estimate of drug-likeness (QED) is 0.363. The van der Waals surface area contributed by atoms with Gasteiger partial charge in [0.2, 0.25) is 0 Å². The molecule has 0 aliphatic heterocycles. The summed E-state index contributed by atoms with van der Waals surface area (Å²) in [5.41, 5.74) is 8.01. The molecule has 0 unspecified atom stereocenters. The molecule has 1 heterocycles. The number of rotatable bonds is 2. The van der Waals surface area contributed by atoms with Crippen molar-refractivity contribution in [3.8, 4) is 0 Å². The second-order valence-corrected chi connectivity index (χ2v) is 4.89. The molecule has 0 aliphatic rings. The number of sulfonamides is 1. The van der Waals surface area contributed by atoms with Gasteiger partial charge in [0.25, 0.3) is 10.0 Å². The Hall–Kier alpha value is -0.820. The number of halogens is 2. The zero-order valence-electron chi connectivity index (χ0n) is 6.42. The van der Waals surface area contributed by atoms with E-state index in [1.54, 1.807) is 0 Å². The van der Waals surface area contributed by atoms with Crippen LogP contribution in [0, 0.1) is 0 Å². The third-order valence-corrected chi connectivity index (χ3v) is 3.45. The van der Waals surface area contributed by atoms with E-state index in [0.717, 1.165) is 6.20 Å². The minimum atomic E-state index is -3.99. The Labute approximate surface area is 92.7 Å². The third kappa shape index (κ3) is 2.36. The summed E-state index contributed by atoms with van der Waals surface area (Å²) >= 11 is 8.55. The topological polar surface area (TPSA) is 95.8 Å². The molecule has 1 aromatic rings. The SMILES string of the molecule is [N-]=[N+]=NS(=O)(=O)c1cnc(Cl)c(Br)c1. The van der Waals surface area contributed by atoms with Crippen molar-refractivity contribution in [2.24, 2.45) is 4.52 Å². The lowest BCUT2D eigenvalue weighted by Gasteiger charge is -1.98. The zero-order chi connectivity index (χ0) is 10.8. The molecular formula is C5H2BrClN4O2S. The molecule has 0 amide bonds. The summed E-state index contributed by atoms with van der Waals surface area (Å²) in [6.45, 7) is 0. The van der Waals surface area contributed by atoms with Crippen LogP contribution in [0.2, 0.25) is 5.15 Å². The van der Waals surface area contributed by atoms with Crippen molar-refractivity contribution in [3.63, 3.8) is 0 Å². The molecule has 9 heteroatoms. The molecule has 74 valence electrons. The minimum absolute atomic E-state index is 0.130. The number of hydrogen-bond acceptors (Lipinski definition) is 3. The molecule has 0 radical (unpaired) electrons. The molecule has 0 aromatic carbocycles. The van der Waals surface area contributed by atoms with Crippen LogP contribution >= 0.6 is 27.5 Å². The van der Waals surface area contributed by atoms with E-state index in [4.69, 9.17) is 17.1 Å². The molecule has 6 nitrogen and oxygen atoms in total. The fraction of sp³-hybridized carbons (Fsp3) is 0. The van der Waals surface area contributed by atoms with Crippen LogP contribution in [0.5, 0.6) is 0 Å². The minimum Gasteiger partial charge on any atom is -0.242 e. The van der Waals surface area contributed by atoms with Crippen LogP contribution in [0.15, 0.2) is 26.2 Å². The Morgan fingerprint density at radius 2 is 2.29 bits per heavy atom. The Bertz CT molecular complexity index is 510. The van der Waals surface area contributed by atoms with Crippen LogP contribution in [0.4, 0.5) is 0 Å². The first kappa shape index (κ1) is 11.3. The lowest BCUT2D eigenvalue weighted by atomic mass is 10.5. The van der Waals surface area contributed by atoms with Crippen LogP contribution in [0.25, 0.3) is 10.4 Å². The summed E-state index contributed by atoms with van der Waals surface area (Å²) in [6.07, 6.45) is 1.01. The van der Waals surface area contributed by atoms with Crippen LogP contribution in [0.3, 0.4) is 0 Å². The van der Waals surface area contributed by atoms with E-state index >= 15 is 0 Å². The van der Waals surface area contributed by atoms with Gasteiger partial charge < -0.3 is 0 Å². The standard InChI is InChI=1S/C5H2BrClN4O2S/c6-4-1-3(2-9-5(4)7)14(12,13)11-10-8/h1-2H. The van der Waals surface area contributed by atoms with Crippen molar-refractivity contribution in [2.45, 2.75) is 4.90 Å². The monoisotopic (exact) mass is 296 g/mol. The van der Waals surface area contributed by atoms with Crippen molar-refractivity contribution < 1.29 is 8.42 Å². The highest BCUT2D eigenvalue weighted by molar-refractivity contribution is 9.10. The van der Waals surface area contributed by atoms with Gasteiger partial charge in [-0.1, -0.05) is 11.6 Å². The van der Waals surface area contributed by atoms with Gasteiger partial charge in [-0.25, -0.2) is 13.4 Å². The lowest BCUT2D eigenvalue weighted by molar-refractivity contribution is 0.597. The fourth-order valence-corrected chi connectivity index (χ4v) is 1.89. The summed E-state index contributed by atoms with van der Waals surface area (Å²) in [4.78, 5) is 5.56. The number of azide groups is 1. The average molecular weight is 298 g/mol. The zero-order valence-corrected chi connectivity index (χ0v) is 9.58. The van der Waals surface area contributed by atoms with Gasteiger partial charge in [0, 0.05) is 15.6 Å². The van der Waals surface area contributed by atoms with E-state index in [2.05, 4.69) is 30.3 Å². The van der Waals surface area contributed by atoms with Gasteiger partial charge in [-0.05, 0) is 27.5 Å². The Kier molecular flexibility index (Phi) is 3.33. The fourth-order valence-electron chi connectivity index (χ4n) is 0.640. The normalized spacial score (nSPS) is 10.7. The van der Waals surface area contributed by atoms with E-state index in [1.807, 2.05) is 0 Å². The average Bonchev–Trinajstić information content (AvgIpc) is 2.09. The molecule has 14 heavy (non-hydrogen) atoms. The maximum absolute atomic E-state index is 11.2. The summed E-state index contributed by atoms with van der Waals surface area (Å²) in [7, 11) is -3.99. The highest BCUT2D eigenvalue weighted by Crippen LogP contribution is 2.23. The van der Waals surface area contributed by atoms with Crippen molar-refractivity contribution in [2.75, 3.05) is 0 Å². The van der Waals surface area contributed by atoms with E-state index < -0.39 is 10.0 Å². The van der Waals surface area contributed by atoms with Gasteiger partial charge in [-0.15, -0.1) is 0 Å². The summed E-state index contributed by atoms with van der Waals surface area (Å²) < 4.78 is 25.3. The molecule has 0 saturated heterocycles. The van der Waals surface area contributed by atoms with E-state index in [9.17, 15) is 8.42 Å². The van der Waals surface area contributed by atoms with Crippen LogP contribution in [-0.2, 0) is 10.0 Å². The molecule has 1 aromatic heterocycles. The van der Waals surface area contributed by atoms with Gasteiger partial charge in [-0.2, -0.15) is 0 Å². The maximum Gasteiger partial charge on any atom is 0.265 e. The van der Waals surface area contributed by atoms with Gasteiger partial charge in [0.1, 0.15) is 5.15 Å². The molecule has 0 fully saturated rings. The Morgan fingerprint density at radius 1 is 1.64 bits per heavy atom. The van der Waals surface area contributed by atoms with Gasteiger partial charge in [0.15, 0.2) is 0 Å². The van der Waals surface area contributed by atoms with Crippen LogP contribution in [0.1, 0.15) is 0 Å². The first-order chi connectivity index (χ1) is 6.47. The molecule has 1 rings (SSSR count). The summed E-state index contributed by atoms with van der Waals surface area (Å²) in [6, 6.07) is 1.21. The molecular weight excluding hydrogens is 296 g/mol. The predicted octanol–water partition coefficient (Wildman–Crippen LogP) is 2.50. The number of hydrogen-bond donors (Lipinski definition) is 0. The second kappa shape index (κ2) is 4.14. The van der Waals surface area contributed by atoms with Crippen molar-refractivity contribution in [3.05, 3.63) is 32.3 Å². The van der Waals surface area contributed by atoms with Crippen LogP contribution in [-0.4, -0.2) is 13.4 Å². The van der Waals surface area contributed by atoms with E-state index in [1.165, 1.54) is 6.07 Å². The largest absolute Gasteiger partial charge is 0.265 e. The summed E-state index contributed by atoms with van der Waals surface area (Å²) in [5, 5.41) is 0.130. The molecule has 0 atom stereocenters. The molecule has 0 saturated carbocycles. The Morgan fingerprint density at radius 3 is 2.79 bits per heavy atom. The number of pyridine rings is 1. The van der Waals surface area contributed by atoms with E-state index in [-0.39, 0.29) is 10.0 Å². The van der Waals surface area contributed by atoms with E-state index in [0.29, 0.717) is 4.47 Å². The van der Waals surface area contributed by atoms with Crippen molar-refractivity contribution in [1.29, 1.82) is 0 Å². The second-order valence-electron chi connectivity index (χ2n) is 2.09. The molecule has 0 spiro atoms. The maximum atomic E-state index is 11.2. The first-order valence-corrected chi connectivity index (χ1v) is 5.71. The smallest absolute Gasteiger partial charge is 0.242 e. The number of aromatic nitrogens is 1. The molecule has 0 aliphatic carbocycles. The Balaban J connectivity index is 3.35.